The number of nitrogens with zero attached hydrogens (tertiary/aromatic N) is 1. The average Bonchev–Trinajstić information content (AvgIpc) is 2.57. The zero-order valence-electron chi connectivity index (χ0n) is 12.8. The number of ether oxygens (including phenoxy) is 2. The Morgan fingerprint density at radius 2 is 1.96 bits per heavy atom. The van der Waals surface area contributed by atoms with Crippen molar-refractivity contribution in [2.75, 3.05) is 31.2 Å². The first kappa shape index (κ1) is 15.8. The van der Waals surface area contributed by atoms with Gasteiger partial charge in [-0.25, -0.2) is 4.39 Å². The van der Waals surface area contributed by atoms with E-state index in [0.29, 0.717) is 18.7 Å². The van der Waals surface area contributed by atoms with Gasteiger partial charge in [-0.3, -0.25) is 0 Å². The highest BCUT2D eigenvalue weighted by Crippen LogP contribution is 2.30. The molecule has 2 aromatic rings. The molecular formula is C18H20FNO3. The number of halogens is 1. The quantitative estimate of drug-likeness (QED) is 0.889. The van der Waals surface area contributed by atoms with E-state index in [4.69, 9.17) is 9.47 Å². The van der Waals surface area contributed by atoms with Crippen molar-refractivity contribution in [2.24, 2.45) is 0 Å². The summed E-state index contributed by atoms with van der Waals surface area (Å²) in [5.41, 5.74) is 1.48. The van der Waals surface area contributed by atoms with Gasteiger partial charge in [0.25, 0.3) is 0 Å². The van der Waals surface area contributed by atoms with Crippen molar-refractivity contribution < 1.29 is 19.0 Å². The van der Waals surface area contributed by atoms with E-state index < -0.39 is 6.10 Å². The van der Waals surface area contributed by atoms with Crippen LogP contribution in [0.25, 0.3) is 0 Å². The molecule has 1 aliphatic rings. The van der Waals surface area contributed by atoms with Crippen LogP contribution in [-0.4, -0.2) is 37.5 Å². The Morgan fingerprint density at radius 3 is 2.83 bits per heavy atom. The maximum Gasteiger partial charge on any atom is 0.142 e. The molecule has 0 unspecified atom stereocenters. The molecule has 5 heteroatoms. The van der Waals surface area contributed by atoms with E-state index in [2.05, 4.69) is 4.90 Å². The summed E-state index contributed by atoms with van der Waals surface area (Å²) in [5.74, 6) is 0.544. The fraction of sp³-hybridized carbons (Fsp3) is 0.333. The van der Waals surface area contributed by atoms with Gasteiger partial charge in [-0.2, -0.15) is 0 Å². The summed E-state index contributed by atoms with van der Waals surface area (Å²) in [6, 6.07) is 14.3. The van der Waals surface area contributed by atoms with Crippen LogP contribution in [-0.2, 0) is 11.3 Å². The number of rotatable bonds is 6. The molecule has 0 spiro atoms. The van der Waals surface area contributed by atoms with Crippen LogP contribution in [0.1, 0.15) is 5.56 Å². The minimum Gasteiger partial charge on any atom is -0.490 e. The van der Waals surface area contributed by atoms with Gasteiger partial charge < -0.3 is 19.5 Å². The first-order valence-corrected chi connectivity index (χ1v) is 7.70. The molecule has 0 saturated heterocycles. The summed E-state index contributed by atoms with van der Waals surface area (Å²) >= 11 is 0. The second-order valence-electron chi connectivity index (χ2n) is 5.52. The predicted molar refractivity (Wildman–Crippen MR) is 86.2 cm³/mol. The van der Waals surface area contributed by atoms with Crippen molar-refractivity contribution >= 4 is 5.69 Å². The van der Waals surface area contributed by atoms with Crippen LogP contribution >= 0.6 is 0 Å². The molecule has 3 rings (SSSR count). The molecule has 2 aromatic carbocycles. The number of aliphatic hydroxyl groups is 1. The van der Waals surface area contributed by atoms with E-state index in [9.17, 15) is 9.50 Å². The number of benzene rings is 2. The normalized spacial score (nSPS) is 15.0. The van der Waals surface area contributed by atoms with Gasteiger partial charge in [0.1, 0.15) is 18.2 Å². The van der Waals surface area contributed by atoms with E-state index in [-0.39, 0.29) is 19.0 Å². The molecule has 0 fully saturated rings. The lowest BCUT2D eigenvalue weighted by molar-refractivity contribution is 0.0304. The molecule has 0 aliphatic carbocycles. The number of anilines is 1. The molecule has 0 radical (unpaired) electrons. The van der Waals surface area contributed by atoms with Gasteiger partial charge in [0.2, 0.25) is 0 Å². The predicted octanol–water partition coefficient (Wildman–Crippen LogP) is 2.60. The van der Waals surface area contributed by atoms with Gasteiger partial charge >= 0.3 is 0 Å². The molecule has 1 atom stereocenters. The van der Waals surface area contributed by atoms with Crippen molar-refractivity contribution in [3.05, 3.63) is 59.9 Å². The first-order chi connectivity index (χ1) is 11.2. The number of aliphatic hydroxyl groups excluding tert-OH is 1. The monoisotopic (exact) mass is 317 g/mol. The van der Waals surface area contributed by atoms with Crippen LogP contribution in [0.15, 0.2) is 48.5 Å². The summed E-state index contributed by atoms with van der Waals surface area (Å²) in [6.45, 7) is 2.09. The molecule has 1 N–H and O–H groups in total. The van der Waals surface area contributed by atoms with Crippen LogP contribution in [0.2, 0.25) is 0 Å². The maximum atomic E-state index is 13.5. The fourth-order valence-electron chi connectivity index (χ4n) is 2.64. The Morgan fingerprint density at radius 1 is 1.17 bits per heavy atom. The van der Waals surface area contributed by atoms with E-state index in [1.165, 1.54) is 6.07 Å². The van der Waals surface area contributed by atoms with E-state index in [1.54, 1.807) is 18.2 Å². The molecule has 1 aliphatic heterocycles. The van der Waals surface area contributed by atoms with Crippen molar-refractivity contribution in [3.8, 4) is 5.75 Å². The lowest BCUT2D eigenvalue weighted by Gasteiger charge is -2.32. The molecule has 0 aromatic heterocycles. The van der Waals surface area contributed by atoms with Gasteiger partial charge in [0, 0.05) is 12.1 Å². The van der Waals surface area contributed by atoms with Gasteiger partial charge in [-0.1, -0.05) is 30.3 Å². The minimum absolute atomic E-state index is 0.156. The Bertz CT molecular complexity index is 650. The van der Waals surface area contributed by atoms with E-state index >= 15 is 0 Å². The number of hydrogen-bond donors (Lipinski definition) is 1. The summed E-state index contributed by atoms with van der Waals surface area (Å²) < 4.78 is 24.5. The fourth-order valence-corrected chi connectivity index (χ4v) is 2.64. The molecular weight excluding hydrogens is 297 g/mol. The van der Waals surface area contributed by atoms with Crippen molar-refractivity contribution in [1.82, 2.24) is 0 Å². The lowest BCUT2D eigenvalue weighted by Crippen LogP contribution is -2.39. The second kappa shape index (κ2) is 7.44. The Hall–Kier alpha value is -2.11. The smallest absolute Gasteiger partial charge is 0.142 e. The highest BCUT2D eigenvalue weighted by Gasteiger charge is 2.20. The Kier molecular flexibility index (Phi) is 5.10. The number of fused-ring (bicyclic) bond motifs is 1. The highest BCUT2D eigenvalue weighted by atomic mass is 19.1. The van der Waals surface area contributed by atoms with Crippen LogP contribution in [0, 0.1) is 5.82 Å². The molecule has 122 valence electrons. The lowest BCUT2D eigenvalue weighted by atomic mass is 10.2. The van der Waals surface area contributed by atoms with Gasteiger partial charge in [-0.15, -0.1) is 0 Å². The largest absolute Gasteiger partial charge is 0.490 e. The topological polar surface area (TPSA) is 41.9 Å². The molecule has 4 nitrogen and oxygen atoms in total. The van der Waals surface area contributed by atoms with Gasteiger partial charge in [0.05, 0.1) is 31.5 Å². The van der Waals surface area contributed by atoms with E-state index in [0.717, 1.165) is 18.0 Å². The third kappa shape index (κ3) is 4.00. The molecule has 0 amide bonds. The summed E-state index contributed by atoms with van der Waals surface area (Å²) in [5, 5.41) is 10.2. The van der Waals surface area contributed by atoms with Crippen molar-refractivity contribution in [3.63, 3.8) is 0 Å². The zero-order chi connectivity index (χ0) is 16.1. The van der Waals surface area contributed by atoms with Crippen molar-refractivity contribution in [1.29, 1.82) is 0 Å². The second-order valence-corrected chi connectivity index (χ2v) is 5.52. The zero-order valence-corrected chi connectivity index (χ0v) is 12.8. The summed E-state index contributed by atoms with van der Waals surface area (Å²) in [7, 11) is 0. The number of para-hydroxylation sites is 2. The SMILES string of the molecule is O[C@@H](COCc1ccccc1F)CN1CCOc2ccccc21. The molecule has 0 bridgehead atoms. The third-order valence-corrected chi connectivity index (χ3v) is 3.78. The Balaban J connectivity index is 1.50. The van der Waals surface area contributed by atoms with E-state index in [1.807, 2.05) is 24.3 Å². The van der Waals surface area contributed by atoms with Crippen LogP contribution < -0.4 is 9.64 Å². The van der Waals surface area contributed by atoms with Crippen molar-refractivity contribution in [2.45, 2.75) is 12.7 Å². The summed E-state index contributed by atoms with van der Waals surface area (Å²) in [4.78, 5) is 2.08. The maximum absolute atomic E-state index is 13.5. The van der Waals surface area contributed by atoms with Crippen LogP contribution in [0.4, 0.5) is 10.1 Å². The van der Waals surface area contributed by atoms with Gasteiger partial charge in [0.15, 0.2) is 0 Å². The number of β-amino-alcohol motifs (C(OH)–C–C–N with tert-alkyl or cyclic N) is 1. The molecule has 1 heterocycles. The average molecular weight is 317 g/mol. The molecule has 23 heavy (non-hydrogen) atoms. The highest BCUT2D eigenvalue weighted by molar-refractivity contribution is 5.59. The Labute approximate surface area is 135 Å². The third-order valence-electron chi connectivity index (χ3n) is 3.78. The number of hydrogen-bond acceptors (Lipinski definition) is 4. The standard InChI is InChI=1S/C18H20FNO3/c19-16-6-2-1-5-14(16)12-22-13-15(21)11-20-9-10-23-18-8-4-3-7-17(18)20/h1-8,15,21H,9-13H2/t15-/m1/s1. The first-order valence-electron chi connectivity index (χ1n) is 7.70. The van der Waals surface area contributed by atoms with Crippen LogP contribution in [0.3, 0.4) is 0 Å². The summed E-state index contributed by atoms with van der Waals surface area (Å²) in [6.07, 6.45) is -0.645. The minimum atomic E-state index is -0.645. The molecule has 0 saturated carbocycles. The van der Waals surface area contributed by atoms with Crippen LogP contribution in [0.5, 0.6) is 5.75 Å². The van der Waals surface area contributed by atoms with Gasteiger partial charge in [-0.05, 0) is 18.2 Å².